The highest BCUT2D eigenvalue weighted by Gasteiger charge is 2.35. The summed E-state index contributed by atoms with van der Waals surface area (Å²) in [5.74, 6) is 0.220. The normalized spacial score (nSPS) is 11.5. The van der Waals surface area contributed by atoms with Crippen LogP contribution in [0, 0.1) is 0 Å². The van der Waals surface area contributed by atoms with E-state index in [1.54, 1.807) is 36.2 Å². The summed E-state index contributed by atoms with van der Waals surface area (Å²) >= 11 is 0.982. The number of unbranched alkanes of at least 4 members (excludes halogenated alkanes) is 1. The van der Waals surface area contributed by atoms with Crippen molar-refractivity contribution in [3.63, 3.8) is 0 Å². The number of benzene rings is 2. The van der Waals surface area contributed by atoms with Gasteiger partial charge < -0.3 is 4.90 Å². The van der Waals surface area contributed by atoms with E-state index in [0.717, 1.165) is 42.9 Å². The zero-order valence-electron chi connectivity index (χ0n) is 16.3. The maximum Gasteiger partial charge on any atom is 0.420 e. The van der Waals surface area contributed by atoms with E-state index in [0.29, 0.717) is 4.90 Å². The van der Waals surface area contributed by atoms with Crippen molar-refractivity contribution in [2.24, 2.45) is 0 Å². The third-order valence-electron chi connectivity index (χ3n) is 4.45. The zero-order valence-corrected chi connectivity index (χ0v) is 17.1. The molecule has 0 radical (unpaired) electrons. The molecule has 0 aliphatic heterocycles. The lowest BCUT2D eigenvalue weighted by molar-refractivity contribution is -0.140. The van der Waals surface area contributed by atoms with Gasteiger partial charge in [-0.1, -0.05) is 55.4 Å². The van der Waals surface area contributed by atoms with Gasteiger partial charge in [0.15, 0.2) is 0 Å². The van der Waals surface area contributed by atoms with Crippen LogP contribution in [-0.2, 0) is 12.6 Å². The summed E-state index contributed by atoms with van der Waals surface area (Å²) in [4.78, 5) is 10.6. The fourth-order valence-electron chi connectivity index (χ4n) is 2.77. The number of anilines is 2. The van der Waals surface area contributed by atoms with Crippen LogP contribution < -0.4 is 4.90 Å². The summed E-state index contributed by atoms with van der Waals surface area (Å²) in [7, 11) is 1.75. The van der Waals surface area contributed by atoms with E-state index in [2.05, 4.69) is 16.9 Å². The maximum absolute atomic E-state index is 13.4. The minimum absolute atomic E-state index is 0.111. The third-order valence-corrected chi connectivity index (χ3v) is 5.46. The molecule has 2 aromatic carbocycles. The van der Waals surface area contributed by atoms with E-state index >= 15 is 0 Å². The van der Waals surface area contributed by atoms with E-state index in [9.17, 15) is 13.2 Å². The van der Waals surface area contributed by atoms with Crippen molar-refractivity contribution in [3.05, 3.63) is 71.9 Å². The molecule has 29 heavy (non-hydrogen) atoms. The second kappa shape index (κ2) is 9.31. The minimum Gasteiger partial charge on any atom is -0.314 e. The lowest BCUT2D eigenvalue weighted by Gasteiger charge is -2.20. The molecule has 0 aliphatic carbocycles. The maximum atomic E-state index is 13.4. The van der Waals surface area contributed by atoms with E-state index in [1.807, 2.05) is 30.3 Å². The molecule has 0 atom stereocenters. The van der Waals surface area contributed by atoms with Gasteiger partial charge in [0, 0.05) is 23.8 Å². The SMILES string of the molecule is CCCCc1ccc(N(C)c2ncc(C(F)(F)F)c(Sc3ccccc3)n2)cc1. The van der Waals surface area contributed by atoms with Crippen molar-refractivity contribution in [2.75, 3.05) is 11.9 Å². The van der Waals surface area contributed by atoms with Gasteiger partial charge in [0.1, 0.15) is 10.6 Å². The summed E-state index contributed by atoms with van der Waals surface area (Å²) < 4.78 is 40.3. The first kappa shape index (κ1) is 21.2. The van der Waals surface area contributed by atoms with Crippen LogP contribution in [0.4, 0.5) is 24.8 Å². The Morgan fingerprint density at radius 1 is 1.00 bits per heavy atom. The van der Waals surface area contributed by atoms with Crippen molar-refractivity contribution >= 4 is 23.4 Å². The lowest BCUT2D eigenvalue weighted by Crippen LogP contribution is -2.16. The molecule has 1 heterocycles. The molecule has 1 aromatic heterocycles. The van der Waals surface area contributed by atoms with Gasteiger partial charge in [-0.15, -0.1) is 0 Å². The van der Waals surface area contributed by atoms with Crippen LogP contribution in [0.15, 0.2) is 70.7 Å². The molecule has 152 valence electrons. The first-order valence-corrected chi connectivity index (χ1v) is 10.2. The molecular formula is C22H22F3N3S. The van der Waals surface area contributed by atoms with Crippen molar-refractivity contribution in [1.29, 1.82) is 0 Å². The Balaban J connectivity index is 1.90. The van der Waals surface area contributed by atoms with Gasteiger partial charge in [0.2, 0.25) is 5.95 Å². The smallest absolute Gasteiger partial charge is 0.314 e. The summed E-state index contributed by atoms with van der Waals surface area (Å²) in [6.07, 6.45) is -0.399. The molecule has 3 aromatic rings. The van der Waals surface area contributed by atoms with E-state index in [-0.39, 0.29) is 11.0 Å². The number of rotatable bonds is 7. The molecule has 7 heteroatoms. The van der Waals surface area contributed by atoms with Gasteiger partial charge in [-0.2, -0.15) is 13.2 Å². The van der Waals surface area contributed by atoms with Crippen molar-refractivity contribution in [3.8, 4) is 0 Å². The first-order valence-electron chi connectivity index (χ1n) is 9.38. The second-order valence-electron chi connectivity index (χ2n) is 6.63. The molecule has 0 N–H and O–H groups in total. The Morgan fingerprint density at radius 3 is 2.31 bits per heavy atom. The molecule has 0 saturated heterocycles. The fraction of sp³-hybridized carbons (Fsp3) is 0.273. The molecule has 0 unspecified atom stereocenters. The molecule has 0 fully saturated rings. The number of alkyl halides is 3. The van der Waals surface area contributed by atoms with E-state index < -0.39 is 11.7 Å². The Labute approximate surface area is 173 Å². The predicted molar refractivity (Wildman–Crippen MR) is 111 cm³/mol. The van der Waals surface area contributed by atoms with Crippen LogP contribution in [0.25, 0.3) is 0 Å². The van der Waals surface area contributed by atoms with Crippen molar-refractivity contribution in [1.82, 2.24) is 9.97 Å². The average molecular weight is 418 g/mol. The van der Waals surface area contributed by atoms with Gasteiger partial charge in [0.25, 0.3) is 0 Å². The van der Waals surface area contributed by atoms with Crippen LogP contribution in [0.3, 0.4) is 0 Å². The van der Waals surface area contributed by atoms with Crippen LogP contribution >= 0.6 is 11.8 Å². The predicted octanol–water partition coefficient (Wildman–Crippen LogP) is 6.76. The Kier molecular flexibility index (Phi) is 6.79. The van der Waals surface area contributed by atoms with Crippen molar-refractivity contribution in [2.45, 2.75) is 42.3 Å². The van der Waals surface area contributed by atoms with Gasteiger partial charge in [-0.3, -0.25) is 0 Å². The van der Waals surface area contributed by atoms with Gasteiger partial charge in [0.05, 0.1) is 0 Å². The number of halogens is 3. The summed E-state index contributed by atoms with van der Waals surface area (Å²) in [5, 5.41) is -0.111. The molecule has 3 nitrogen and oxygen atoms in total. The molecular weight excluding hydrogens is 395 g/mol. The number of aromatic nitrogens is 2. The highest BCUT2D eigenvalue weighted by molar-refractivity contribution is 7.99. The molecule has 0 bridgehead atoms. The van der Waals surface area contributed by atoms with Gasteiger partial charge in [-0.25, -0.2) is 9.97 Å². The minimum atomic E-state index is -4.52. The van der Waals surface area contributed by atoms with Gasteiger partial charge in [-0.05, 0) is 42.7 Å². The van der Waals surface area contributed by atoms with Crippen LogP contribution in [0.2, 0.25) is 0 Å². The number of aryl methyl sites for hydroxylation is 1. The Hall–Kier alpha value is -2.54. The molecule has 0 amide bonds. The van der Waals surface area contributed by atoms with Crippen molar-refractivity contribution < 1.29 is 13.2 Å². The zero-order chi connectivity index (χ0) is 20.9. The fourth-order valence-corrected chi connectivity index (χ4v) is 3.70. The largest absolute Gasteiger partial charge is 0.420 e. The number of hydrogen-bond donors (Lipinski definition) is 0. The Morgan fingerprint density at radius 2 is 1.69 bits per heavy atom. The summed E-state index contributed by atoms with van der Waals surface area (Å²) in [6.45, 7) is 2.15. The topological polar surface area (TPSA) is 29.0 Å². The number of hydrogen-bond acceptors (Lipinski definition) is 4. The first-order chi connectivity index (χ1) is 13.9. The van der Waals surface area contributed by atoms with Gasteiger partial charge >= 0.3 is 6.18 Å². The molecule has 0 aliphatic rings. The van der Waals surface area contributed by atoms with E-state index in [4.69, 9.17) is 0 Å². The highest BCUT2D eigenvalue weighted by atomic mass is 32.2. The van der Waals surface area contributed by atoms with Crippen LogP contribution in [0.5, 0.6) is 0 Å². The highest BCUT2D eigenvalue weighted by Crippen LogP contribution is 2.39. The molecule has 3 rings (SSSR count). The second-order valence-corrected chi connectivity index (χ2v) is 7.69. The average Bonchev–Trinajstić information content (AvgIpc) is 2.72. The number of nitrogens with zero attached hydrogens (tertiary/aromatic N) is 3. The third kappa shape index (κ3) is 5.50. The standard InChI is InChI=1S/C22H22F3N3S/c1-3-4-8-16-11-13-17(14-12-16)28(2)21-26-15-19(22(23,24)25)20(27-21)29-18-9-6-5-7-10-18/h5-7,9-15H,3-4,8H2,1-2H3. The van der Waals surface area contributed by atoms with E-state index in [1.165, 1.54) is 5.56 Å². The monoisotopic (exact) mass is 417 g/mol. The molecule has 0 spiro atoms. The quantitative estimate of drug-likeness (QED) is 0.397. The Bertz CT molecular complexity index is 928. The lowest BCUT2D eigenvalue weighted by atomic mass is 10.1. The summed E-state index contributed by atoms with van der Waals surface area (Å²) in [5.41, 5.74) is 1.22. The summed E-state index contributed by atoms with van der Waals surface area (Å²) in [6, 6.07) is 16.8. The van der Waals surface area contributed by atoms with Crippen LogP contribution in [-0.4, -0.2) is 17.0 Å². The van der Waals surface area contributed by atoms with Crippen LogP contribution in [0.1, 0.15) is 30.9 Å². The molecule has 0 saturated carbocycles.